The van der Waals surface area contributed by atoms with E-state index in [1.807, 2.05) is 0 Å². The van der Waals surface area contributed by atoms with E-state index >= 15 is 0 Å². The highest BCUT2D eigenvalue weighted by Crippen LogP contribution is 2.21. The van der Waals surface area contributed by atoms with Gasteiger partial charge in [-0.2, -0.15) is 0 Å². The summed E-state index contributed by atoms with van der Waals surface area (Å²) in [6.07, 6.45) is 2.40. The third kappa shape index (κ3) is 4.04. The number of nitrogens with zero attached hydrogens (tertiary/aromatic N) is 1. The Kier molecular flexibility index (Phi) is 4.94. The van der Waals surface area contributed by atoms with Crippen molar-refractivity contribution in [1.29, 1.82) is 0 Å². The number of hydrogen-bond donors (Lipinski definition) is 2. The molecule has 0 aromatic carbocycles. The van der Waals surface area contributed by atoms with Gasteiger partial charge in [-0.15, -0.1) is 0 Å². The number of nitrogens with one attached hydrogen (secondary N) is 1. The summed E-state index contributed by atoms with van der Waals surface area (Å²) in [5.41, 5.74) is 0. The van der Waals surface area contributed by atoms with Crippen LogP contribution in [0.4, 0.5) is 0 Å². The van der Waals surface area contributed by atoms with Gasteiger partial charge in [0.05, 0.1) is 6.20 Å². The highest BCUT2D eigenvalue weighted by Gasteiger charge is 2.16. The van der Waals surface area contributed by atoms with Crippen molar-refractivity contribution in [1.82, 2.24) is 9.71 Å². The topological polar surface area (TPSA) is 79.3 Å². The first kappa shape index (κ1) is 12.9. The Bertz CT molecular complexity index is 404. The number of aliphatic hydroxyl groups is 1. The first-order valence-electron chi connectivity index (χ1n) is 4.28. The predicted molar refractivity (Wildman–Crippen MR) is 58.6 cm³/mol. The van der Waals surface area contributed by atoms with Gasteiger partial charge in [0.25, 0.3) is 10.0 Å². The van der Waals surface area contributed by atoms with Gasteiger partial charge in [-0.25, -0.2) is 18.1 Å². The monoisotopic (exact) mass is 270 g/mol. The third-order valence-corrected chi connectivity index (χ3v) is 4.64. The van der Waals surface area contributed by atoms with Crippen LogP contribution in [0.5, 0.6) is 0 Å². The van der Waals surface area contributed by atoms with Crippen molar-refractivity contribution in [2.24, 2.45) is 0 Å². The van der Waals surface area contributed by atoms with Crippen molar-refractivity contribution in [3.8, 4) is 0 Å². The minimum Gasteiger partial charge on any atom is -0.396 e. The van der Waals surface area contributed by atoms with E-state index in [2.05, 4.69) is 9.71 Å². The molecule has 0 aliphatic rings. The lowest BCUT2D eigenvalue weighted by Gasteiger charge is -2.02. The summed E-state index contributed by atoms with van der Waals surface area (Å²) in [5.74, 6) is 0. The number of thiazole rings is 1. The van der Waals surface area contributed by atoms with Crippen LogP contribution in [0.2, 0.25) is 4.47 Å². The molecule has 2 N–H and O–H groups in total. The summed E-state index contributed by atoms with van der Waals surface area (Å²) >= 11 is 6.45. The molecule has 86 valence electrons. The summed E-state index contributed by atoms with van der Waals surface area (Å²) in [6.45, 7) is 0.368. The molecule has 1 heterocycles. The van der Waals surface area contributed by atoms with Crippen molar-refractivity contribution in [3.63, 3.8) is 0 Å². The zero-order valence-corrected chi connectivity index (χ0v) is 10.2. The lowest BCUT2D eigenvalue weighted by molar-refractivity contribution is 0.285. The van der Waals surface area contributed by atoms with E-state index in [1.54, 1.807) is 0 Å². The number of sulfonamides is 1. The maximum Gasteiger partial charge on any atom is 0.251 e. The summed E-state index contributed by atoms with van der Waals surface area (Å²) in [7, 11) is -3.48. The largest absolute Gasteiger partial charge is 0.396 e. The van der Waals surface area contributed by atoms with Crippen LogP contribution in [0.25, 0.3) is 0 Å². The standard InChI is InChI=1S/C7H11ClN2O3S2/c8-7-9-5-6(14-7)15(12,13)10-3-1-2-4-11/h5,10-11H,1-4H2. The van der Waals surface area contributed by atoms with Crippen LogP contribution in [0, 0.1) is 0 Å². The zero-order valence-electron chi connectivity index (χ0n) is 7.81. The fourth-order valence-corrected chi connectivity index (χ4v) is 3.29. The quantitative estimate of drug-likeness (QED) is 0.751. The van der Waals surface area contributed by atoms with Gasteiger partial charge in [0, 0.05) is 13.2 Å². The van der Waals surface area contributed by atoms with Gasteiger partial charge in [0.15, 0.2) is 8.68 Å². The molecule has 5 nitrogen and oxygen atoms in total. The smallest absolute Gasteiger partial charge is 0.251 e. The molecule has 1 aromatic rings. The first-order valence-corrected chi connectivity index (χ1v) is 6.96. The summed E-state index contributed by atoms with van der Waals surface area (Å²) in [5, 5.41) is 8.51. The number of halogens is 1. The second-order valence-corrected chi connectivity index (χ2v) is 6.37. The molecule has 0 amide bonds. The van der Waals surface area contributed by atoms with Crippen LogP contribution in [0.3, 0.4) is 0 Å². The average Bonchev–Trinajstić information content (AvgIpc) is 2.60. The maximum absolute atomic E-state index is 11.5. The van der Waals surface area contributed by atoms with E-state index in [9.17, 15) is 8.42 Å². The molecular formula is C7H11ClN2O3S2. The second kappa shape index (κ2) is 5.76. The van der Waals surface area contributed by atoms with Gasteiger partial charge >= 0.3 is 0 Å². The van der Waals surface area contributed by atoms with Crippen molar-refractivity contribution < 1.29 is 13.5 Å². The van der Waals surface area contributed by atoms with Crippen LogP contribution in [0.1, 0.15) is 12.8 Å². The van der Waals surface area contributed by atoms with Gasteiger partial charge in [0.2, 0.25) is 0 Å². The Labute approximate surface area is 97.2 Å². The van der Waals surface area contributed by atoms with E-state index < -0.39 is 10.0 Å². The van der Waals surface area contributed by atoms with Crippen LogP contribution in [-0.4, -0.2) is 31.7 Å². The minimum atomic E-state index is -3.48. The second-order valence-electron chi connectivity index (χ2n) is 2.76. The van der Waals surface area contributed by atoms with E-state index in [0.717, 1.165) is 11.3 Å². The molecule has 0 fully saturated rings. The molecule has 0 spiro atoms. The normalized spacial score (nSPS) is 11.9. The number of rotatable bonds is 6. The SMILES string of the molecule is O=S(=O)(NCCCCO)c1cnc(Cl)s1. The molecular weight excluding hydrogens is 260 g/mol. The fourth-order valence-electron chi connectivity index (χ4n) is 0.878. The number of aromatic nitrogens is 1. The fraction of sp³-hybridized carbons (Fsp3) is 0.571. The zero-order chi connectivity index (χ0) is 11.3. The molecule has 0 aliphatic heterocycles. The van der Waals surface area contributed by atoms with Gasteiger partial charge < -0.3 is 5.11 Å². The molecule has 15 heavy (non-hydrogen) atoms. The van der Waals surface area contributed by atoms with Crippen LogP contribution in [-0.2, 0) is 10.0 Å². The lowest BCUT2D eigenvalue weighted by Crippen LogP contribution is -2.24. The maximum atomic E-state index is 11.5. The average molecular weight is 271 g/mol. The van der Waals surface area contributed by atoms with Gasteiger partial charge in [-0.3, -0.25) is 0 Å². The van der Waals surface area contributed by atoms with Gasteiger partial charge in [-0.05, 0) is 12.8 Å². The third-order valence-electron chi connectivity index (χ3n) is 1.60. The highest BCUT2D eigenvalue weighted by atomic mass is 35.5. The van der Waals surface area contributed by atoms with E-state index in [0.29, 0.717) is 19.4 Å². The van der Waals surface area contributed by atoms with E-state index in [-0.39, 0.29) is 15.3 Å². The molecule has 0 bridgehead atoms. The van der Waals surface area contributed by atoms with E-state index in [1.165, 1.54) is 6.20 Å². The Hall–Kier alpha value is -0.210. The van der Waals surface area contributed by atoms with Gasteiger partial charge in [0.1, 0.15) is 0 Å². The van der Waals surface area contributed by atoms with Crippen molar-refractivity contribution in [2.45, 2.75) is 17.1 Å². The minimum absolute atomic E-state index is 0.0636. The van der Waals surface area contributed by atoms with Crippen molar-refractivity contribution in [2.75, 3.05) is 13.2 Å². The van der Waals surface area contributed by atoms with Gasteiger partial charge in [-0.1, -0.05) is 22.9 Å². The summed E-state index contributed by atoms with van der Waals surface area (Å²) in [4.78, 5) is 3.65. The predicted octanol–water partition coefficient (Wildman–Crippen LogP) is 0.847. The number of unbranched alkanes of at least 4 members (excludes halogenated alkanes) is 1. The Balaban J connectivity index is 2.53. The van der Waals surface area contributed by atoms with Crippen molar-refractivity contribution >= 4 is 33.0 Å². The molecule has 1 aromatic heterocycles. The molecule has 0 saturated carbocycles. The lowest BCUT2D eigenvalue weighted by atomic mass is 10.3. The Morgan fingerprint density at radius 3 is 2.80 bits per heavy atom. The molecule has 8 heteroatoms. The first-order chi connectivity index (χ1) is 7.06. The molecule has 0 saturated heterocycles. The Morgan fingerprint density at radius 1 is 1.53 bits per heavy atom. The number of aliphatic hydroxyl groups excluding tert-OH is 1. The molecule has 0 atom stereocenters. The van der Waals surface area contributed by atoms with E-state index in [4.69, 9.17) is 16.7 Å². The van der Waals surface area contributed by atoms with Crippen LogP contribution in [0.15, 0.2) is 10.4 Å². The highest BCUT2D eigenvalue weighted by molar-refractivity contribution is 7.91. The van der Waals surface area contributed by atoms with Crippen LogP contribution < -0.4 is 4.72 Å². The molecule has 0 radical (unpaired) electrons. The Morgan fingerprint density at radius 2 is 2.27 bits per heavy atom. The summed E-state index contributed by atoms with van der Waals surface area (Å²) in [6, 6.07) is 0. The molecule has 0 aliphatic carbocycles. The molecule has 0 unspecified atom stereocenters. The van der Waals surface area contributed by atoms with Crippen molar-refractivity contribution in [3.05, 3.63) is 10.7 Å². The number of hydrogen-bond acceptors (Lipinski definition) is 5. The summed E-state index contributed by atoms with van der Waals surface area (Å²) < 4.78 is 25.8. The van der Waals surface area contributed by atoms with Crippen LogP contribution >= 0.6 is 22.9 Å². The molecule has 1 rings (SSSR count).